The fraction of sp³-hybridized carbons (Fsp3) is 0.357. The highest BCUT2D eigenvalue weighted by Gasteiger charge is 2.18. The Bertz CT molecular complexity index is 1280. The van der Waals surface area contributed by atoms with Gasteiger partial charge in [0.2, 0.25) is 11.9 Å². The maximum atomic E-state index is 12.2. The van der Waals surface area contributed by atoms with Crippen LogP contribution in [-0.2, 0) is 4.79 Å². The molecule has 0 aliphatic rings. The van der Waals surface area contributed by atoms with Crippen LogP contribution >= 0.6 is 11.6 Å². The lowest BCUT2D eigenvalue weighted by Gasteiger charge is -2.26. The highest BCUT2D eigenvalue weighted by molar-refractivity contribution is 6.33. The van der Waals surface area contributed by atoms with Gasteiger partial charge in [-0.2, -0.15) is 4.98 Å². The van der Waals surface area contributed by atoms with E-state index < -0.39 is 0 Å². The fourth-order valence-electron chi connectivity index (χ4n) is 3.52. The van der Waals surface area contributed by atoms with Crippen molar-refractivity contribution in [3.63, 3.8) is 0 Å². The number of benzene rings is 2. The molecule has 0 saturated carbocycles. The second kappa shape index (κ2) is 15.5. The minimum absolute atomic E-state index is 0.260. The molecule has 0 atom stereocenters. The van der Waals surface area contributed by atoms with E-state index in [0.29, 0.717) is 45.0 Å². The lowest BCUT2D eigenvalue weighted by molar-refractivity contribution is -0.111. The van der Waals surface area contributed by atoms with Crippen molar-refractivity contribution < 1.29 is 19.0 Å². The predicted octanol–water partition coefficient (Wildman–Crippen LogP) is 5.11. The minimum Gasteiger partial charge on any atom is -0.495 e. The summed E-state index contributed by atoms with van der Waals surface area (Å²) in [4.78, 5) is 29.4. The highest BCUT2D eigenvalue weighted by Crippen LogP contribution is 2.39. The first kappa shape index (κ1) is 32.1. The Balaban J connectivity index is 0.00000274. The minimum atomic E-state index is -0.337. The summed E-state index contributed by atoms with van der Waals surface area (Å²) in [6.07, 6.45) is 2.60. The van der Waals surface area contributed by atoms with Crippen LogP contribution in [-0.4, -0.2) is 81.3 Å². The molecule has 1 amide bonds. The third-order valence-electron chi connectivity index (χ3n) is 5.58. The van der Waals surface area contributed by atoms with Gasteiger partial charge in [-0.3, -0.25) is 4.79 Å². The number of ether oxygens (including phenoxy) is 3. The molecule has 2 N–H and O–H groups in total. The van der Waals surface area contributed by atoms with E-state index in [1.165, 1.54) is 26.6 Å². The molecule has 0 saturated heterocycles. The lowest BCUT2D eigenvalue weighted by Crippen LogP contribution is -2.29. The Hall–Kier alpha value is -4.09. The van der Waals surface area contributed by atoms with E-state index in [9.17, 15) is 4.79 Å². The van der Waals surface area contributed by atoms with Gasteiger partial charge < -0.3 is 34.6 Å². The molecule has 0 radical (unpaired) electrons. The summed E-state index contributed by atoms with van der Waals surface area (Å²) in [5, 5.41) is 6.39. The Labute approximate surface area is 241 Å². The van der Waals surface area contributed by atoms with Gasteiger partial charge >= 0.3 is 0 Å². The summed E-state index contributed by atoms with van der Waals surface area (Å²) in [7, 11) is 10.5. The van der Waals surface area contributed by atoms with Crippen LogP contribution in [0.3, 0.4) is 0 Å². The first-order valence-corrected chi connectivity index (χ1v) is 13.0. The molecule has 0 fully saturated rings. The number of amides is 1. The number of likely N-dealkylation sites (N-methyl/N-ethyl adjacent to an activating group) is 2. The summed E-state index contributed by atoms with van der Waals surface area (Å²) >= 11 is 6.30. The molecule has 216 valence electrons. The van der Waals surface area contributed by atoms with Crippen LogP contribution in [0.25, 0.3) is 11.4 Å². The standard InChI is InChI=1S/C26H32ClN7O4.C2H6/c1-8-23(35)30-17-13-18(20(36-5)14-19(17)34(4)10-9-33(2)3)31-26-29-15-28-25(32-26)16-11-21(37-6)24(27)22(12-16)38-7;1-2/h8,11-15H,1,9-10H2,2-7H3,(H,30,35)(H,28,29,31,32);1-2H3. The predicted molar refractivity (Wildman–Crippen MR) is 162 cm³/mol. The zero-order valence-electron chi connectivity index (χ0n) is 24.3. The highest BCUT2D eigenvalue weighted by atomic mass is 35.5. The number of rotatable bonds is 12. The van der Waals surface area contributed by atoms with Gasteiger partial charge in [-0.1, -0.05) is 32.0 Å². The van der Waals surface area contributed by atoms with Crippen LogP contribution in [0.5, 0.6) is 17.2 Å². The second-order valence-electron chi connectivity index (χ2n) is 8.44. The Morgan fingerprint density at radius 3 is 2.12 bits per heavy atom. The summed E-state index contributed by atoms with van der Waals surface area (Å²) in [6.45, 7) is 9.11. The Kier molecular flexibility index (Phi) is 12.4. The average Bonchev–Trinajstić information content (AvgIpc) is 2.97. The summed E-state index contributed by atoms with van der Waals surface area (Å²) in [6, 6.07) is 7.03. The van der Waals surface area contributed by atoms with Crippen molar-refractivity contribution in [1.82, 2.24) is 19.9 Å². The number of carbonyl (C=O) groups excluding carboxylic acids is 1. The number of nitrogens with one attached hydrogen (secondary N) is 2. The van der Waals surface area contributed by atoms with Crippen LogP contribution < -0.4 is 29.7 Å². The van der Waals surface area contributed by atoms with Crippen molar-refractivity contribution in [2.24, 2.45) is 0 Å². The monoisotopic (exact) mass is 571 g/mol. The van der Waals surface area contributed by atoms with E-state index in [4.69, 9.17) is 25.8 Å². The third-order valence-corrected chi connectivity index (χ3v) is 5.95. The maximum absolute atomic E-state index is 12.2. The number of methoxy groups -OCH3 is 3. The van der Waals surface area contributed by atoms with Gasteiger partial charge in [0.15, 0.2) is 5.82 Å². The second-order valence-corrected chi connectivity index (χ2v) is 8.82. The molecule has 2 aromatic carbocycles. The van der Waals surface area contributed by atoms with Crippen molar-refractivity contribution >= 4 is 40.5 Å². The topological polar surface area (TPSA) is 114 Å². The molecule has 0 aliphatic heterocycles. The quantitative estimate of drug-likeness (QED) is 0.284. The van der Waals surface area contributed by atoms with E-state index >= 15 is 0 Å². The molecule has 0 bridgehead atoms. The molecule has 0 spiro atoms. The van der Waals surface area contributed by atoms with Crippen molar-refractivity contribution in [2.45, 2.75) is 13.8 Å². The number of halogens is 1. The lowest BCUT2D eigenvalue weighted by atomic mass is 10.2. The number of aromatic nitrogens is 3. The van der Waals surface area contributed by atoms with E-state index in [0.717, 1.165) is 18.8 Å². The molecule has 40 heavy (non-hydrogen) atoms. The van der Waals surface area contributed by atoms with Crippen LogP contribution in [0.2, 0.25) is 5.02 Å². The number of hydrogen-bond acceptors (Lipinski definition) is 10. The van der Waals surface area contributed by atoms with Crippen molar-refractivity contribution in [2.75, 3.05) is 71.1 Å². The van der Waals surface area contributed by atoms with Crippen molar-refractivity contribution in [3.05, 3.63) is 48.3 Å². The van der Waals surface area contributed by atoms with Gasteiger partial charge in [-0.15, -0.1) is 0 Å². The van der Waals surface area contributed by atoms with Gasteiger partial charge in [-0.05, 0) is 38.4 Å². The number of nitrogens with zero attached hydrogens (tertiary/aromatic N) is 5. The molecule has 11 nitrogen and oxygen atoms in total. The van der Waals surface area contributed by atoms with Gasteiger partial charge in [0.1, 0.15) is 28.6 Å². The summed E-state index contributed by atoms with van der Waals surface area (Å²) in [5.74, 6) is 1.68. The molecule has 0 aliphatic carbocycles. The summed E-state index contributed by atoms with van der Waals surface area (Å²) in [5.41, 5.74) is 2.51. The van der Waals surface area contributed by atoms with Crippen molar-refractivity contribution in [1.29, 1.82) is 0 Å². The first-order chi connectivity index (χ1) is 19.2. The van der Waals surface area contributed by atoms with Gasteiger partial charge in [0.05, 0.1) is 38.4 Å². The van der Waals surface area contributed by atoms with Crippen LogP contribution in [0.15, 0.2) is 43.2 Å². The molecule has 3 aromatic rings. The van der Waals surface area contributed by atoms with Gasteiger partial charge in [-0.25, -0.2) is 9.97 Å². The fourth-order valence-corrected chi connectivity index (χ4v) is 3.78. The molecule has 1 aromatic heterocycles. The third kappa shape index (κ3) is 8.20. The number of hydrogen-bond donors (Lipinski definition) is 2. The molecule has 3 rings (SSSR count). The molecule has 1 heterocycles. The maximum Gasteiger partial charge on any atom is 0.247 e. The Morgan fingerprint density at radius 2 is 1.57 bits per heavy atom. The van der Waals surface area contributed by atoms with E-state index in [-0.39, 0.29) is 11.9 Å². The SMILES string of the molecule is C=CC(=O)Nc1cc(Nc2ncnc(-c3cc(OC)c(Cl)c(OC)c3)n2)c(OC)cc1N(C)CCN(C)C.CC. The van der Waals surface area contributed by atoms with Crippen LogP contribution in [0.1, 0.15) is 13.8 Å². The average molecular weight is 572 g/mol. The van der Waals surface area contributed by atoms with E-state index in [1.807, 2.05) is 46.0 Å². The van der Waals surface area contributed by atoms with Crippen LogP contribution in [0, 0.1) is 0 Å². The molecule has 12 heteroatoms. The Morgan fingerprint density at radius 1 is 0.950 bits per heavy atom. The first-order valence-electron chi connectivity index (χ1n) is 12.6. The smallest absolute Gasteiger partial charge is 0.247 e. The van der Waals surface area contributed by atoms with Gasteiger partial charge in [0.25, 0.3) is 0 Å². The molecular formula is C28H38ClN7O4. The molecular weight excluding hydrogens is 534 g/mol. The van der Waals surface area contributed by atoms with Gasteiger partial charge in [0, 0.05) is 31.8 Å². The largest absolute Gasteiger partial charge is 0.495 e. The number of anilines is 4. The normalized spacial score (nSPS) is 10.2. The number of carbonyl (C=O) groups is 1. The molecule has 0 unspecified atom stereocenters. The zero-order chi connectivity index (χ0) is 29.8. The zero-order valence-corrected chi connectivity index (χ0v) is 25.1. The van der Waals surface area contributed by atoms with Crippen molar-refractivity contribution in [3.8, 4) is 28.6 Å². The van der Waals surface area contributed by atoms with E-state index in [1.54, 1.807) is 25.3 Å². The van der Waals surface area contributed by atoms with Crippen LogP contribution in [0.4, 0.5) is 23.0 Å². The summed E-state index contributed by atoms with van der Waals surface area (Å²) < 4.78 is 16.4. The van der Waals surface area contributed by atoms with E-state index in [2.05, 4.69) is 37.1 Å².